The summed E-state index contributed by atoms with van der Waals surface area (Å²) in [7, 11) is 0. The van der Waals surface area contributed by atoms with Crippen LogP contribution in [0.3, 0.4) is 0 Å². The number of quaternary nitrogens is 1. The zero-order chi connectivity index (χ0) is 30.3. The first-order valence-electron chi connectivity index (χ1n) is 15.5. The highest BCUT2D eigenvalue weighted by Crippen LogP contribution is 2.30. The third-order valence-electron chi connectivity index (χ3n) is 8.14. The van der Waals surface area contributed by atoms with Gasteiger partial charge in [0.15, 0.2) is 11.6 Å². The number of rotatable bonds is 18. The smallest absolute Gasteiger partial charge is 0.154 e. The largest absolute Gasteiger partial charge is 0.369 e. The van der Waals surface area contributed by atoms with Gasteiger partial charge in [0.25, 0.3) is 0 Å². The number of hydrogen-bond donors (Lipinski definition) is 0. The highest BCUT2D eigenvalue weighted by Gasteiger charge is 2.19. The first-order chi connectivity index (χ1) is 19.8. The van der Waals surface area contributed by atoms with Crippen LogP contribution in [0.15, 0.2) is 64.7 Å². The van der Waals surface area contributed by atoms with Gasteiger partial charge in [-0.25, -0.2) is 13.2 Å². The molecule has 2 rings (SSSR count). The van der Waals surface area contributed by atoms with Gasteiger partial charge in [-0.2, -0.15) is 0 Å². The number of unbranched alkanes of at least 4 members (excludes halogenated alkanes) is 2. The number of hydrogen-bond acceptors (Lipinski definition) is 2. The summed E-state index contributed by atoms with van der Waals surface area (Å²) < 4.78 is 46.9. The van der Waals surface area contributed by atoms with Gasteiger partial charge in [-0.15, -0.1) is 0 Å². The molecule has 2 aromatic carbocycles. The molecule has 0 heterocycles. The van der Waals surface area contributed by atoms with Crippen molar-refractivity contribution in [2.75, 3.05) is 50.7 Å². The number of nitrogens with zero attached hydrogens (tertiary/aromatic N) is 3. The van der Waals surface area contributed by atoms with E-state index >= 15 is 13.2 Å². The highest BCUT2D eigenvalue weighted by molar-refractivity contribution is 5.89. The number of anilines is 1. The molecule has 0 N–H and O–H groups in total. The first kappa shape index (κ1) is 34.3. The van der Waals surface area contributed by atoms with Crippen LogP contribution in [0.5, 0.6) is 0 Å². The topological polar surface area (TPSA) is 15.6 Å². The van der Waals surface area contributed by atoms with E-state index < -0.39 is 11.7 Å². The predicted octanol–water partition coefficient (Wildman–Crippen LogP) is 9.83. The summed E-state index contributed by atoms with van der Waals surface area (Å²) in [4.78, 5) is 6.36. The molecule has 0 aromatic heterocycles. The van der Waals surface area contributed by atoms with Gasteiger partial charge in [0.05, 0.1) is 38.1 Å². The molecule has 0 aliphatic rings. The van der Waals surface area contributed by atoms with Crippen molar-refractivity contribution in [3.8, 4) is 0 Å². The Morgan fingerprint density at radius 1 is 0.902 bits per heavy atom. The third-order valence-corrected chi connectivity index (χ3v) is 8.14. The molecule has 6 heteroatoms. The normalized spacial score (nSPS) is 13.5. The lowest BCUT2D eigenvalue weighted by Gasteiger charge is -2.35. The lowest BCUT2D eigenvalue weighted by molar-refractivity contribution is -0.923. The highest BCUT2D eigenvalue weighted by atomic mass is 19.1. The van der Waals surface area contributed by atoms with Crippen LogP contribution in [-0.2, 0) is 0 Å². The molecule has 0 aliphatic heterocycles. The minimum atomic E-state index is -0.713. The van der Waals surface area contributed by atoms with E-state index in [0.29, 0.717) is 28.6 Å². The van der Waals surface area contributed by atoms with E-state index in [-0.39, 0.29) is 11.4 Å². The van der Waals surface area contributed by atoms with Crippen LogP contribution in [0, 0.1) is 5.82 Å². The molecule has 0 unspecified atom stereocenters. The van der Waals surface area contributed by atoms with Gasteiger partial charge in [-0.3, -0.25) is 4.99 Å². The van der Waals surface area contributed by atoms with E-state index in [1.165, 1.54) is 12.2 Å². The van der Waals surface area contributed by atoms with Gasteiger partial charge in [-0.1, -0.05) is 57.0 Å². The SMILES string of the molecule is C\C=C/C(C(/F)=C/c1ccc2c(F)c(N(CCCC)CCCC)ccc2c1)=C(F)\C=N\CCC[N+](CC)(CC)CC. The zero-order valence-corrected chi connectivity index (χ0v) is 26.2. The molecule has 2 aromatic rings. The Morgan fingerprint density at radius 3 is 2.15 bits per heavy atom. The van der Waals surface area contributed by atoms with E-state index in [4.69, 9.17) is 0 Å². The van der Waals surface area contributed by atoms with Crippen molar-refractivity contribution in [2.24, 2.45) is 4.99 Å². The molecule has 0 saturated carbocycles. The molecule has 0 amide bonds. The summed E-state index contributed by atoms with van der Waals surface area (Å²) in [6, 6.07) is 8.80. The third kappa shape index (κ3) is 9.88. The average molecular weight is 571 g/mol. The monoisotopic (exact) mass is 570 g/mol. The quantitative estimate of drug-likeness (QED) is 0.0754. The number of allylic oxidation sites excluding steroid dienone is 5. The van der Waals surface area contributed by atoms with E-state index in [2.05, 4.69) is 44.5 Å². The average Bonchev–Trinajstić information content (AvgIpc) is 2.98. The molecule has 0 aliphatic carbocycles. The molecule has 0 saturated heterocycles. The van der Waals surface area contributed by atoms with Crippen LogP contribution in [0.25, 0.3) is 16.8 Å². The maximum Gasteiger partial charge on any atom is 0.154 e. The molecule has 0 radical (unpaired) electrons. The minimum absolute atomic E-state index is 0.152. The molecule has 41 heavy (non-hydrogen) atoms. The molecular formula is C35H51F3N3+. The second kappa shape index (κ2) is 17.8. The van der Waals surface area contributed by atoms with Crippen molar-refractivity contribution < 1.29 is 17.7 Å². The molecule has 0 bridgehead atoms. The summed E-state index contributed by atoms with van der Waals surface area (Å²) in [5.41, 5.74) is 0.994. The summed E-state index contributed by atoms with van der Waals surface area (Å²) in [6.45, 7) is 18.9. The summed E-state index contributed by atoms with van der Waals surface area (Å²) >= 11 is 0. The summed E-state index contributed by atoms with van der Waals surface area (Å²) in [5, 5.41) is 1.18. The molecule has 0 atom stereocenters. The Balaban J connectivity index is 2.27. The lowest BCUT2D eigenvalue weighted by atomic mass is 10.0. The zero-order valence-electron chi connectivity index (χ0n) is 26.2. The lowest BCUT2D eigenvalue weighted by Crippen LogP contribution is -2.48. The van der Waals surface area contributed by atoms with E-state index in [0.717, 1.165) is 82.1 Å². The van der Waals surface area contributed by atoms with Crippen LogP contribution in [0.1, 0.15) is 79.2 Å². The van der Waals surface area contributed by atoms with E-state index in [9.17, 15) is 0 Å². The van der Waals surface area contributed by atoms with Crippen LogP contribution in [0.2, 0.25) is 0 Å². The standard InChI is InChI=1S/C35H51F3N3/c1-7-13-22-40(23-14-8-2)34-20-18-29-25-28(17-19-30(29)35(34)38)26-32(36)31(16-9-3)33(37)27-39-21-15-24-41(10-4,11-5)12-6/h9,16-20,25-27H,7-8,10-15,21-24H2,1-6H3/q+1/b16-9-,32-26-,33-31-,39-27+. The van der Waals surface area contributed by atoms with Gasteiger partial charge in [0.1, 0.15) is 5.83 Å². The number of benzene rings is 2. The molecule has 226 valence electrons. The second-order valence-corrected chi connectivity index (χ2v) is 10.7. The Labute approximate surface area is 246 Å². The molecule has 0 spiro atoms. The van der Waals surface area contributed by atoms with Crippen molar-refractivity contribution >= 4 is 28.8 Å². The Bertz CT molecular complexity index is 1190. The Hall–Kier alpha value is -2.86. The minimum Gasteiger partial charge on any atom is -0.369 e. The van der Waals surface area contributed by atoms with Crippen molar-refractivity contribution in [3.05, 3.63) is 71.1 Å². The fourth-order valence-electron chi connectivity index (χ4n) is 5.20. The van der Waals surface area contributed by atoms with Gasteiger partial charge in [0, 0.05) is 37.0 Å². The first-order valence-corrected chi connectivity index (χ1v) is 15.5. The molecular weight excluding hydrogens is 519 g/mol. The van der Waals surface area contributed by atoms with Gasteiger partial charge >= 0.3 is 0 Å². The summed E-state index contributed by atoms with van der Waals surface area (Å²) in [6.07, 6.45) is 10.4. The van der Waals surface area contributed by atoms with Crippen LogP contribution in [0.4, 0.5) is 18.9 Å². The molecule has 3 nitrogen and oxygen atoms in total. The number of fused-ring (bicyclic) bond motifs is 1. The van der Waals surface area contributed by atoms with Crippen molar-refractivity contribution in [1.82, 2.24) is 0 Å². The van der Waals surface area contributed by atoms with E-state index in [1.807, 2.05) is 12.1 Å². The molecule has 0 fully saturated rings. The maximum absolute atomic E-state index is 15.6. The van der Waals surface area contributed by atoms with E-state index in [1.54, 1.807) is 31.2 Å². The predicted molar refractivity (Wildman–Crippen MR) is 173 cm³/mol. The van der Waals surface area contributed by atoms with Crippen LogP contribution in [-0.4, -0.2) is 56.5 Å². The van der Waals surface area contributed by atoms with Gasteiger partial charge in [0.2, 0.25) is 0 Å². The van der Waals surface area contributed by atoms with Gasteiger partial charge in [-0.05, 0) is 69.7 Å². The fourth-order valence-corrected chi connectivity index (χ4v) is 5.20. The van der Waals surface area contributed by atoms with Gasteiger partial charge < -0.3 is 9.38 Å². The summed E-state index contributed by atoms with van der Waals surface area (Å²) in [5.74, 6) is -1.67. The van der Waals surface area contributed by atoms with Crippen LogP contribution < -0.4 is 4.90 Å². The number of halogens is 3. The maximum atomic E-state index is 15.6. The van der Waals surface area contributed by atoms with Crippen molar-refractivity contribution in [2.45, 2.75) is 73.6 Å². The number of aliphatic imine (C=N–C) groups is 1. The Kier molecular flexibility index (Phi) is 14.9. The van der Waals surface area contributed by atoms with Crippen molar-refractivity contribution in [3.63, 3.8) is 0 Å². The van der Waals surface area contributed by atoms with Crippen LogP contribution >= 0.6 is 0 Å². The fraction of sp³-hybridized carbons (Fsp3) is 0.514. The second-order valence-electron chi connectivity index (χ2n) is 10.7. The Morgan fingerprint density at radius 2 is 1.56 bits per heavy atom. The van der Waals surface area contributed by atoms with Crippen molar-refractivity contribution in [1.29, 1.82) is 0 Å².